The predicted molar refractivity (Wildman–Crippen MR) is 85.4 cm³/mol. The van der Waals surface area contributed by atoms with Crippen LogP contribution in [0.5, 0.6) is 0 Å². The molecule has 1 aromatic heterocycles. The number of aromatic carboxylic acids is 1. The number of hydrogen-bond donors (Lipinski definition) is 2. The van der Waals surface area contributed by atoms with Gasteiger partial charge in [-0.05, 0) is 25.0 Å². The second-order valence-corrected chi connectivity index (χ2v) is 5.17. The van der Waals surface area contributed by atoms with Crippen molar-refractivity contribution in [3.8, 4) is 0 Å². The number of rotatable bonds is 4. The molecule has 5 heteroatoms. The molecule has 0 unspecified atom stereocenters. The number of pyridine rings is 1. The number of carboxylic acids is 1. The number of benzene rings is 1. The van der Waals surface area contributed by atoms with Gasteiger partial charge >= 0.3 is 5.97 Å². The molecule has 108 valence electrons. The third-order valence-electron chi connectivity index (χ3n) is 3.27. The van der Waals surface area contributed by atoms with Crippen LogP contribution >= 0.6 is 12.2 Å². The van der Waals surface area contributed by atoms with Gasteiger partial charge < -0.3 is 10.1 Å². The van der Waals surface area contributed by atoms with Gasteiger partial charge in [0.2, 0.25) is 0 Å². The molecule has 0 spiro atoms. The summed E-state index contributed by atoms with van der Waals surface area (Å²) < 4.78 is 0. The number of aryl methyl sites for hydroxylation is 2. The summed E-state index contributed by atoms with van der Waals surface area (Å²) >= 11 is 5.46. The molecule has 0 saturated heterocycles. The molecule has 1 heterocycles. The van der Waals surface area contributed by atoms with Gasteiger partial charge in [0.15, 0.2) is 0 Å². The van der Waals surface area contributed by atoms with Gasteiger partial charge in [-0.3, -0.25) is 4.79 Å². The van der Waals surface area contributed by atoms with E-state index in [9.17, 15) is 9.59 Å². The number of carboxylic acid groups (broad SMARTS) is 1. The lowest BCUT2D eigenvalue weighted by Crippen LogP contribution is -2.22. The van der Waals surface area contributed by atoms with Gasteiger partial charge in [0.1, 0.15) is 5.56 Å². The van der Waals surface area contributed by atoms with E-state index in [0.29, 0.717) is 22.5 Å². The molecule has 0 radical (unpaired) electrons. The third kappa shape index (κ3) is 3.08. The van der Waals surface area contributed by atoms with Crippen LogP contribution in [0.25, 0.3) is 0 Å². The number of carbonyl (C=O) groups is 1. The monoisotopic (exact) mass is 301 g/mol. The van der Waals surface area contributed by atoms with Crippen molar-refractivity contribution in [3.05, 3.63) is 68.6 Å². The summed E-state index contributed by atoms with van der Waals surface area (Å²) in [5.74, 6) is -1.26. The van der Waals surface area contributed by atoms with E-state index in [1.165, 1.54) is 6.07 Å². The minimum absolute atomic E-state index is 0.295. The average molecular weight is 301 g/mol. The van der Waals surface area contributed by atoms with Crippen LogP contribution in [0.3, 0.4) is 0 Å². The van der Waals surface area contributed by atoms with E-state index in [0.717, 1.165) is 11.1 Å². The van der Waals surface area contributed by atoms with Crippen molar-refractivity contribution in [1.29, 1.82) is 0 Å². The molecule has 0 aliphatic carbocycles. The quantitative estimate of drug-likeness (QED) is 0.673. The second kappa shape index (κ2) is 6.01. The van der Waals surface area contributed by atoms with Crippen molar-refractivity contribution in [1.82, 2.24) is 4.98 Å². The predicted octanol–water partition coefficient (Wildman–Crippen LogP) is 2.71. The maximum atomic E-state index is 11.7. The van der Waals surface area contributed by atoms with Gasteiger partial charge in [0.25, 0.3) is 5.56 Å². The van der Waals surface area contributed by atoms with Crippen molar-refractivity contribution in [2.75, 3.05) is 0 Å². The Bertz CT molecular complexity index is 760. The lowest BCUT2D eigenvalue weighted by molar-refractivity contribution is 0.0695. The molecule has 1 aromatic carbocycles. The lowest BCUT2D eigenvalue weighted by atomic mass is 9.99. The van der Waals surface area contributed by atoms with Crippen LogP contribution in [0.2, 0.25) is 0 Å². The van der Waals surface area contributed by atoms with E-state index < -0.39 is 11.5 Å². The number of aromatic amines is 1. The third-order valence-corrected chi connectivity index (χ3v) is 3.72. The molecule has 0 saturated carbocycles. The normalized spacial score (nSPS) is 10.4. The number of aromatic nitrogens is 1. The van der Waals surface area contributed by atoms with Crippen LogP contribution in [0.1, 0.15) is 39.7 Å². The Kier molecular flexibility index (Phi) is 4.33. The summed E-state index contributed by atoms with van der Waals surface area (Å²) in [4.78, 5) is 26.0. The van der Waals surface area contributed by atoms with Crippen molar-refractivity contribution < 1.29 is 9.90 Å². The minimum atomic E-state index is -1.26. The van der Waals surface area contributed by atoms with Crippen LogP contribution in [-0.4, -0.2) is 20.9 Å². The molecule has 0 aliphatic heterocycles. The Morgan fingerprint density at radius 2 is 1.86 bits per heavy atom. The maximum absolute atomic E-state index is 11.7. The first-order valence-corrected chi connectivity index (χ1v) is 6.95. The average Bonchev–Trinajstić information content (AvgIpc) is 2.46. The highest BCUT2D eigenvalue weighted by Gasteiger charge is 2.16. The SMILES string of the molecule is CCc1[nH]c(=O)c(C(=O)O)cc1C(=S)c1ccc(C)cc1. The Morgan fingerprint density at radius 3 is 2.38 bits per heavy atom. The number of H-pyrrole nitrogens is 1. The Morgan fingerprint density at radius 1 is 1.24 bits per heavy atom. The first-order valence-electron chi connectivity index (χ1n) is 6.55. The van der Waals surface area contributed by atoms with Crippen molar-refractivity contribution in [3.63, 3.8) is 0 Å². The second-order valence-electron chi connectivity index (χ2n) is 4.76. The molecule has 0 bridgehead atoms. The molecule has 0 atom stereocenters. The van der Waals surface area contributed by atoms with Gasteiger partial charge in [-0.1, -0.05) is 49.0 Å². The molecule has 21 heavy (non-hydrogen) atoms. The lowest BCUT2D eigenvalue weighted by Gasteiger charge is -2.11. The van der Waals surface area contributed by atoms with E-state index in [1.54, 1.807) is 0 Å². The molecular weight excluding hydrogens is 286 g/mol. The smallest absolute Gasteiger partial charge is 0.341 e. The van der Waals surface area contributed by atoms with Gasteiger partial charge in [-0.2, -0.15) is 0 Å². The standard InChI is InChI=1S/C16H15NO3S/c1-3-13-11(8-12(16(19)20)15(18)17-13)14(21)10-6-4-9(2)5-7-10/h4-8H,3H2,1-2H3,(H,17,18)(H,19,20). The Hall–Kier alpha value is -2.27. The first kappa shape index (κ1) is 15.1. The van der Waals surface area contributed by atoms with Gasteiger partial charge in [-0.15, -0.1) is 0 Å². The van der Waals surface area contributed by atoms with Gasteiger partial charge in [-0.25, -0.2) is 4.79 Å². The zero-order chi connectivity index (χ0) is 15.6. The van der Waals surface area contributed by atoms with Gasteiger partial charge in [0, 0.05) is 11.3 Å². The number of nitrogens with one attached hydrogen (secondary N) is 1. The van der Waals surface area contributed by atoms with E-state index in [2.05, 4.69) is 4.98 Å². The summed E-state index contributed by atoms with van der Waals surface area (Å²) in [6.07, 6.45) is 0.566. The van der Waals surface area contributed by atoms with Crippen LogP contribution < -0.4 is 5.56 Å². The van der Waals surface area contributed by atoms with E-state index >= 15 is 0 Å². The molecular formula is C16H15NO3S. The topological polar surface area (TPSA) is 70.2 Å². The first-order chi connectivity index (χ1) is 9.93. The number of thiocarbonyl (C=S) groups is 1. The van der Waals surface area contributed by atoms with Crippen LogP contribution in [-0.2, 0) is 6.42 Å². The van der Waals surface area contributed by atoms with Crippen LogP contribution in [0, 0.1) is 6.92 Å². The molecule has 2 N–H and O–H groups in total. The summed E-state index contributed by atoms with van der Waals surface area (Å²) in [6.45, 7) is 3.86. The molecule has 0 aliphatic rings. The summed E-state index contributed by atoms with van der Waals surface area (Å²) in [5, 5.41) is 9.08. The molecule has 4 nitrogen and oxygen atoms in total. The highest BCUT2D eigenvalue weighted by Crippen LogP contribution is 2.16. The molecule has 0 fully saturated rings. The summed E-state index contributed by atoms with van der Waals surface area (Å²) in [7, 11) is 0. The minimum Gasteiger partial charge on any atom is -0.477 e. The van der Waals surface area contributed by atoms with Crippen molar-refractivity contribution in [2.45, 2.75) is 20.3 Å². The van der Waals surface area contributed by atoms with Gasteiger partial charge in [0.05, 0.1) is 4.86 Å². The highest BCUT2D eigenvalue weighted by atomic mass is 32.1. The van der Waals surface area contributed by atoms with Crippen molar-refractivity contribution >= 4 is 23.1 Å². The summed E-state index contributed by atoms with van der Waals surface area (Å²) in [6, 6.07) is 9.03. The fraction of sp³-hybridized carbons (Fsp3) is 0.188. The summed E-state index contributed by atoms with van der Waals surface area (Å²) in [5.41, 5.74) is 2.29. The fourth-order valence-electron chi connectivity index (χ4n) is 2.07. The van der Waals surface area contributed by atoms with E-state index in [-0.39, 0.29) is 5.56 Å². The molecule has 0 amide bonds. The molecule has 2 rings (SSSR count). The van der Waals surface area contributed by atoms with Crippen LogP contribution in [0.15, 0.2) is 35.1 Å². The van der Waals surface area contributed by atoms with Crippen molar-refractivity contribution in [2.24, 2.45) is 0 Å². The zero-order valence-corrected chi connectivity index (χ0v) is 12.6. The number of hydrogen-bond acceptors (Lipinski definition) is 3. The van der Waals surface area contributed by atoms with E-state index in [4.69, 9.17) is 17.3 Å². The fourth-order valence-corrected chi connectivity index (χ4v) is 2.39. The maximum Gasteiger partial charge on any atom is 0.341 e. The Labute approximate surface area is 127 Å². The Balaban J connectivity index is 2.58. The van der Waals surface area contributed by atoms with Crippen LogP contribution in [0.4, 0.5) is 0 Å². The zero-order valence-electron chi connectivity index (χ0n) is 11.8. The molecule has 2 aromatic rings. The van der Waals surface area contributed by atoms with E-state index in [1.807, 2.05) is 38.1 Å². The largest absolute Gasteiger partial charge is 0.477 e. The highest BCUT2D eigenvalue weighted by molar-refractivity contribution is 7.81.